The van der Waals surface area contributed by atoms with Crippen molar-refractivity contribution >= 4 is 16.9 Å². The Hall–Kier alpha value is -3.49. The Bertz CT molecular complexity index is 1050. The average molecular weight is 393 g/mol. The zero-order valence-corrected chi connectivity index (χ0v) is 14.3. The SMILES string of the molecule is O=C(COc1ccc2ccc(=O)oc2c1)NCc1ccccc1OC(F)(F)F. The second kappa shape index (κ2) is 8.03. The summed E-state index contributed by atoms with van der Waals surface area (Å²) in [5.74, 6) is -0.630. The number of rotatable bonds is 6. The highest BCUT2D eigenvalue weighted by Gasteiger charge is 2.31. The third-order valence-corrected chi connectivity index (χ3v) is 3.64. The van der Waals surface area contributed by atoms with Crippen molar-refractivity contribution in [1.82, 2.24) is 5.32 Å². The van der Waals surface area contributed by atoms with E-state index in [2.05, 4.69) is 10.1 Å². The van der Waals surface area contributed by atoms with E-state index < -0.39 is 17.9 Å². The largest absolute Gasteiger partial charge is 0.573 e. The van der Waals surface area contributed by atoms with Crippen LogP contribution in [0.15, 0.2) is 63.8 Å². The van der Waals surface area contributed by atoms with Crippen molar-refractivity contribution < 1.29 is 31.9 Å². The summed E-state index contributed by atoms with van der Waals surface area (Å²) in [5.41, 5.74) is -0.0357. The van der Waals surface area contributed by atoms with Crippen LogP contribution in [0.25, 0.3) is 11.0 Å². The van der Waals surface area contributed by atoms with Crippen LogP contribution in [0.2, 0.25) is 0 Å². The number of para-hydroxylation sites is 1. The van der Waals surface area contributed by atoms with Crippen molar-refractivity contribution in [2.24, 2.45) is 0 Å². The van der Waals surface area contributed by atoms with Crippen LogP contribution >= 0.6 is 0 Å². The van der Waals surface area contributed by atoms with Crippen molar-refractivity contribution in [3.8, 4) is 11.5 Å². The molecule has 2 aromatic carbocycles. The Balaban J connectivity index is 1.57. The Morgan fingerprint density at radius 3 is 2.61 bits per heavy atom. The molecule has 0 saturated carbocycles. The van der Waals surface area contributed by atoms with E-state index in [0.29, 0.717) is 16.7 Å². The third kappa shape index (κ3) is 5.26. The molecule has 0 aliphatic heterocycles. The van der Waals surface area contributed by atoms with Gasteiger partial charge in [0.05, 0.1) is 0 Å². The van der Waals surface area contributed by atoms with Gasteiger partial charge in [0.2, 0.25) is 0 Å². The van der Waals surface area contributed by atoms with Crippen LogP contribution in [0.3, 0.4) is 0 Å². The number of hydrogen-bond acceptors (Lipinski definition) is 5. The fourth-order valence-electron chi connectivity index (χ4n) is 2.40. The lowest BCUT2D eigenvalue weighted by molar-refractivity contribution is -0.274. The monoisotopic (exact) mass is 393 g/mol. The van der Waals surface area contributed by atoms with E-state index >= 15 is 0 Å². The lowest BCUT2D eigenvalue weighted by atomic mass is 10.2. The molecule has 3 aromatic rings. The molecule has 1 amide bonds. The summed E-state index contributed by atoms with van der Waals surface area (Å²) < 4.78 is 51.5. The molecule has 0 saturated heterocycles. The number of amides is 1. The van der Waals surface area contributed by atoms with Gasteiger partial charge in [0.25, 0.3) is 5.91 Å². The van der Waals surface area contributed by atoms with Crippen molar-refractivity contribution in [2.75, 3.05) is 6.61 Å². The van der Waals surface area contributed by atoms with Gasteiger partial charge in [0.15, 0.2) is 6.61 Å². The number of nitrogens with one attached hydrogen (secondary N) is 1. The van der Waals surface area contributed by atoms with E-state index in [-0.39, 0.29) is 24.5 Å². The van der Waals surface area contributed by atoms with E-state index in [1.807, 2.05) is 0 Å². The van der Waals surface area contributed by atoms with Gasteiger partial charge < -0.3 is 19.2 Å². The first-order valence-corrected chi connectivity index (χ1v) is 8.07. The molecular formula is C19H14F3NO5. The summed E-state index contributed by atoms with van der Waals surface area (Å²) in [7, 11) is 0. The van der Waals surface area contributed by atoms with Crippen molar-refractivity contribution in [3.05, 3.63) is 70.6 Å². The smallest absolute Gasteiger partial charge is 0.484 e. The van der Waals surface area contributed by atoms with Crippen LogP contribution in [0.1, 0.15) is 5.56 Å². The minimum absolute atomic E-state index is 0.166. The maximum Gasteiger partial charge on any atom is 0.573 e. The van der Waals surface area contributed by atoms with Gasteiger partial charge in [-0.2, -0.15) is 0 Å². The Morgan fingerprint density at radius 1 is 1.07 bits per heavy atom. The molecule has 28 heavy (non-hydrogen) atoms. The Labute approximate surface area is 156 Å². The lowest BCUT2D eigenvalue weighted by Gasteiger charge is -2.13. The molecule has 0 aliphatic rings. The number of halogens is 3. The molecule has 146 valence electrons. The molecule has 0 aliphatic carbocycles. The normalized spacial score (nSPS) is 11.2. The van der Waals surface area contributed by atoms with Gasteiger partial charge in [0.1, 0.15) is 17.1 Å². The summed E-state index contributed by atoms with van der Waals surface area (Å²) in [6.07, 6.45) is -4.83. The van der Waals surface area contributed by atoms with Gasteiger partial charge in [-0.05, 0) is 24.3 Å². The fourth-order valence-corrected chi connectivity index (χ4v) is 2.40. The first kappa shape index (κ1) is 19.3. The quantitative estimate of drug-likeness (QED) is 0.650. The van der Waals surface area contributed by atoms with Crippen molar-refractivity contribution in [2.45, 2.75) is 12.9 Å². The van der Waals surface area contributed by atoms with Gasteiger partial charge in [-0.1, -0.05) is 18.2 Å². The average Bonchev–Trinajstić information content (AvgIpc) is 2.64. The second-order valence-electron chi connectivity index (χ2n) is 5.67. The fraction of sp³-hybridized carbons (Fsp3) is 0.158. The number of benzene rings is 2. The Morgan fingerprint density at radius 2 is 1.82 bits per heavy atom. The number of carbonyl (C=O) groups is 1. The summed E-state index contributed by atoms with van der Waals surface area (Å²) in [6.45, 7) is -0.536. The molecule has 0 atom stereocenters. The molecule has 0 unspecified atom stereocenters. The molecule has 1 heterocycles. The summed E-state index contributed by atoms with van der Waals surface area (Å²) >= 11 is 0. The Kier molecular flexibility index (Phi) is 5.53. The number of ether oxygens (including phenoxy) is 2. The molecule has 1 aromatic heterocycles. The van der Waals surface area contributed by atoms with Gasteiger partial charge in [-0.25, -0.2) is 4.79 Å². The predicted octanol–water partition coefficient (Wildman–Crippen LogP) is 3.39. The molecule has 3 rings (SSSR count). The van der Waals surface area contributed by atoms with Crippen LogP contribution in [-0.2, 0) is 11.3 Å². The highest BCUT2D eigenvalue weighted by molar-refractivity contribution is 5.79. The van der Waals surface area contributed by atoms with Gasteiger partial charge in [0, 0.05) is 29.6 Å². The van der Waals surface area contributed by atoms with Gasteiger partial charge in [-0.3, -0.25) is 4.79 Å². The zero-order chi connectivity index (χ0) is 20.1. The summed E-state index contributed by atoms with van der Waals surface area (Å²) in [6, 6.07) is 13.1. The summed E-state index contributed by atoms with van der Waals surface area (Å²) in [4.78, 5) is 23.2. The van der Waals surface area contributed by atoms with Crippen molar-refractivity contribution in [1.29, 1.82) is 0 Å². The number of fused-ring (bicyclic) bond motifs is 1. The molecule has 0 fully saturated rings. The molecule has 6 nitrogen and oxygen atoms in total. The van der Waals surface area contributed by atoms with Crippen LogP contribution in [0.5, 0.6) is 11.5 Å². The first-order chi connectivity index (χ1) is 13.3. The highest BCUT2D eigenvalue weighted by Crippen LogP contribution is 2.26. The molecule has 0 radical (unpaired) electrons. The van der Waals surface area contributed by atoms with E-state index in [1.54, 1.807) is 18.2 Å². The minimum Gasteiger partial charge on any atom is -0.484 e. The molecule has 1 N–H and O–H groups in total. The molecule has 9 heteroatoms. The number of carbonyl (C=O) groups excluding carboxylic acids is 1. The van der Waals surface area contributed by atoms with Crippen LogP contribution in [0, 0.1) is 0 Å². The second-order valence-corrected chi connectivity index (χ2v) is 5.67. The number of alkyl halides is 3. The minimum atomic E-state index is -4.83. The van der Waals surface area contributed by atoms with Crippen LogP contribution in [-0.4, -0.2) is 18.9 Å². The van der Waals surface area contributed by atoms with E-state index in [0.717, 1.165) is 6.07 Å². The van der Waals surface area contributed by atoms with Crippen molar-refractivity contribution in [3.63, 3.8) is 0 Å². The third-order valence-electron chi connectivity index (χ3n) is 3.64. The standard InChI is InChI=1S/C19H14F3NO5/c20-19(21,22)28-15-4-2-1-3-13(15)10-23-17(24)11-26-14-7-5-12-6-8-18(25)27-16(12)9-14/h1-9H,10-11H2,(H,23,24). The molecule has 0 spiro atoms. The number of hydrogen-bond donors (Lipinski definition) is 1. The van der Waals surface area contributed by atoms with Gasteiger partial charge in [-0.15, -0.1) is 13.2 Å². The topological polar surface area (TPSA) is 77.8 Å². The predicted molar refractivity (Wildman–Crippen MR) is 93.0 cm³/mol. The van der Waals surface area contributed by atoms with E-state index in [1.165, 1.54) is 30.3 Å². The maximum atomic E-state index is 12.4. The highest BCUT2D eigenvalue weighted by atomic mass is 19.4. The maximum absolute atomic E-state index is 12.4. The summed E-state index contributed by atoms with van der Waals surface area (Å²) in [5, 5.41) is 3.15. The zero-order valence-electron chi connectivity index (χ0n) is 14.3. The van der Waals surface area contributed by atoms with E-state index in [9.17, 15) is 22.8 Å². The van der Waals surface area contributed by atoms with Crippen LogP contribution in [0.4, 0.5) is 13.2 Å². The lowest BCUT2D eigenvalue weighted by Crippen LogP contribution is -2.29. The molecular weight excluding hydrogens is 379 g/mol. The first-order valence-electron chi connectivity index (χ1n) is 8.07. The molecule has 0 bridgehead atoms. The van der Waals surface area contributed by atoms with Crippen LogP contribution < -0.4 is 20.4 Å². The van der Waals surface area contributed by atoms with E-state index in [4.69, 9.17) is 9.15 Å². The van der Waals surface area contributed by atoms with Gasteiger partial charge >= 0.3 is 12.0 Å².